The van der Waals surface area contributed by atoms with E-state index in [0.717, 1.165) is 33.3 Å². The molecule has 0 atom stereocenters. The minimum absolute atomic E-state index is 0.606. The summed E-state index contributed by atoms with van der Waals surface area (Å²) in [6.45, 7) is 1.84. The second kappa shape index (κ2) is 6.73. The van der Waals surface area contributed by atoms with Gasteiger partial charge in [0.05, 0.1) is 24.5 Å². The molecular formula is C22H17N3O. The predicted molar refractivity (Wildman–Crippen MR) is 103 cm³/mol. The van der Waals surface area contributed by atoms with Gasteiger partial charge in [0.2, 0.25) is 5.88 Å². The number of nitrogens with zero attached hydrogens (tertiary/aromatic N) is 3. The molecule has 26 heavy (non-hydrogen) atoms. The zero-order chi connectivity index (χ0) is 17.9. The van der Waals surface area contributed by atoms with Crippen molar-refractivity contribution in [2.24, 2.45) is 0 Å². The summed E-state index contributed by atoms with van der Waals surface area (Å²) in [4.78, 5) is 4.15. The highest BCUT2D eigenvalue weighted by molar-refractivity contribution is 5.86. The highest BCUT2D eigenvalue weighted by Crippen LogP contribution is 2.25. The van der Waals surface area contributed by atoms with E-state index in [9.17, 15) is 0 Å². The third kappa shape index (κ3) is 2.80. The monoisotopic (exact) mass is 339 g/mol. The van der Waals surface area contributed by atoms with Gasteiger partial charge in [-0.05, 0) is 48.4 Å². The number of ether oxygens (including phenoxy) is 1. The van der Waals surface area contributed by atoms with Crippen LogP contribution in [0, 0.1) is 11.8 Å². The SMILES string of the molecule is CC#Cc1cccc2c1cnn2-c1ccc(-c2ccnc(OC)c2)cc1. The van der Waals surface area contributed by atoms with E-state index < -0.39 is 0 Å². The number of rotatable bonds is 3. The molecule has 0 N–H and O–H groups in total. The number of fused-ring (bicyclic) bond motifs is 1. The Labute approximate surface area is 152 Å². The zero-order valence-corrected chi connectivity index (χ0v) is 14.6. The fourth-order valence-electron chi connectivity index (χ4n) is 3.00. The highest BCUT2D eigenvalue weighted by Gasteiger charge is 2.08. The Bertz CT molecular complexity index is 1130. The maximum Gasteiger partial charge on any atom is 0.213 e. The molecule has 2 aromatic heterocycles. The molecule has 0 aliphatic heterocycles. The molecule has 0 saturated carbocycles. The number of methoxy groups -OCH3 is 1. The van der Waals surface area contributed by atoms with Crippen molar-refractivity contribution in [1.29, 1.82) is 0 Å². The number of pyridine rings is 1. The first kappa shape index (κ1) is 15.9. The van der Waals surface area contributed by atoms with E-state index >= 15 is 0 Å². The third-order valence-corrected chi connectivity index (χ3v) is 4.26. The molecule has 0 aliphatic carbocycles. The van der Waals surface area contributed by atoms with Crippen LogP contribution >= 0.6 is 0 Å². The molecule has 0 unspecified atom stereocenters. The van der Waals surface area contributed by atoms with Gasteiger partial charge >= 0.3 is 0 Å². The Hall–Kier alpha value is -3.58. The standard InChI is InChI=1S/C22H17N3O/c1-3-5-17-6-4-7-21-20(17)15-24-25(21)19-10-8-16(9-11-19)18-12-13-23-22(14-18)26-2/h4,6-15H,1-2H3. The Balaban J connectivity index is 1.74. The largest absolute Gasteiger partial charge is 0.481 e. The minimum Gasteiger partial charge on any atom is -0.481 e. The molecule has 2 aromatic carbocycles. The van der Waals surface area contributed by atoms with E-state index in [2.05, 4.69) is 52.3 Å². The normalized spacial score (nSPS) is 10.4. The molecule has 0 aliphatic rings. The Morgan fingerprint density at radius 2 is 1.85 bits per heavy atom. The molecule has 0 saturated heterocycles. The number of benzene rings is 2. The van der Waals surface area contributed by atoms with Crippen LogP contribution in [-0.4, -0.2) is 21.9 Å². The molecule has 0 spiro atoms. The lowest BCUT2D eigenvalue weighted by Crippen LogP contribution is -1.96. The van der Waals surface area contributed by atoms with Crippen LogP contribution in [0.25, 0.3) is 27.7 Å². The number of aromatic nitrogens is 3. The van der Waals surface area contributed by atoms with E-state index in [1.165, 1.54) is 0 Å². The van der Waals surface area contributed by atoms with Crippen molar-refractivity contribution >= 4 is 10.9 Å². The van der Waals surface area contributed by atoms with Crippen LogP contribution < -0.4 is 4.74 Å². The second-order valence-corrected chi connectivity index (χ2v) is 5.80. The molecule has 4 aromatic rings. The summed E-state index contributed by atoms with van der Waals surface area (Å²) in [6.07, 6.45) is 3.62. The van der Waals surface area contributed by atoms with E-state index in [4.69, 9.17) is 4.74 Å². The summed E-state index contributed by atoms with van der Waals surface area (Å²) in [6, 6.07) is 18.3. The molecule has 126 valence electrons. The van der Waals surface area contributed by atoms with Gasteiger partial charge < -0.3 is 4.74 Å². The number of hydrogen-bond donors (Lipinski definition) is 0. The first-order valence-electron chi connectivity index (χ1n) is 8.30. The van der Waals surface area contributed by atoms with Crippen molar-refractivity contribution < 1.29 is 4.74 Å². The van der Waals surface area contributed by atoms with Crippen LogP contribution in [0.4, 0.5) is 0 Å². The van der Waals surface area contributed by atoms with Crippen molar-refractivity contribution in [1.82, 2.24) is 14.8 Å². The van der Waals surface area contributed by atoms with Gasteiger partial charge in [0, 0.05) is 23.2 Å². The maximum absolute atomic E-state index is 5.20. The van der Waals surface area contributed by atoms with Gasteiger partial charge in [-0.2, -0.15) is 5.10 Å². The Morgan fingerprint density at radius 1 is 1.00 bits per heavy atom. The smallest absolute Gasteiger partial charge is 0.213 e. The second-order valence-electron chi connectivity index (χ2n) is 5.80. The van der Waals surface area contributed by atoms with Crippen LogP contribution in [0.3, 0.4) is 0 Å². The molecule has 4 rings (SSSR count). The summed E-state index contributed by atoms with van der Waals surface area (Å²) in [5.41, 5.74) is 5.21. The summed E-state index contributed by atoms with van der Waals surface area (Å²) in [5.74, 6) is 6.70. The summed E-state index contributed by atoms with van der Waals surface area (Å²) in [5, 5.41) is 5.62. The van der Waals surface area contributed by atoms with Crippen LogP contribution in [0.1, 0.15) is 12.5 Å². The van der Waals surface area contributed by atoms with Gasteiger partial charge in [0.15, 0.2) is 0 Å². The Kier molecular flexibility index (Phi) is 4.12. The molecule has 0 radical (unpaired) electrons. The van der Waals surface area contributed by atoms with Gasteiger partial charge in [-0.3, -0.25) is 0 Å². The molecule has 0 amide bonds. The zero-order valence-electron chi connectivity index (χ0n) is 14.6. The van der Waals surface area contributed by atoms with E-state index in [1.807, 2.05) is 42.1 Å². The van der Waals surface area contributed by atoms with Crippen molar-refractivity contribution in [3.63, 3.8) is 0 Å². The van der Waals surface area contributed by atoms with Crippen molar-refractivity contribution in [2.45, 2.75) is 6.92 Å². The third-order valence-electron chi connectivity index (χ3n) is 4.26. The molecule has 4 heteroatoms. The highest BCUT2D eigenvalue weighted by atomic mass is 16.5. The van der Waals surface area contributed by atoms with Crippen LogP contribution in [0.2, 0.25) is 0 Å². The first-order chi connectivity index (χ1) is 12.8. The molecular weight excluding hydrogens is 322 g/mol. The molecule has 4 nitrogen and oxygen atoms in total. The number of hydrogen-bond acceptors (Lipinski definition) is 3. The van der Waals surface area contributed by atoms with Gasteiger partial charge in [-0.1, -0.05) is 24.1 Å². The van der Waals surface area contributed by atoms with E-state index in [0.29, 0.717) is 5.88 Å². The minimum atomic E-state index is 0.606. The van der Waals surface area contributed by atoms with Gasteiger partial charge in [0.25, 0.3) is 0 Å². The summed E-state index contributed by atoms with van der Waals surface area (Å²) in [7, 11) is 1.62. The molecule has 0 bridgehead atoms. The van der Waals surface area contributed by atoms with Crippen LogP contribution in [-0.2, 0) is 0 Å². The van der Waals surface area contributed by atoms with Crippen LogP contribution in [0.15, 0.2) is 67.0 Å². The van der Waals surface area contributed by atoms with Gasteiger partial charge in [-0.15, -0.1) is 5.92 Å². The quantitative estimate of drug-likeness (QED) is 0.517. The molecule has 2 heterocycles. The molecule has 0 fully saturated rings. The summed E-state index contributed by atoms with van der Waals surface area (Å²) < 4.78 is 7.14. The predicted octanol–water partition coefficient (Wildman–Crippen LogP) is 4.47. The average molecular weight is 339 g/mol. The van der Waals surface area contributed by atoms with Gasteiger partial charge in [-0.25, -0.2) is 9.67 Å². The summed E-state index contributed by atoms with van der Waals surface area (Å²) >= 11 is 0. The first-order valence-corrected chi connectivity index (χ1v) is 8.30. The maximum atomic E-state index is 5.20. The average Bonchev–Trinajstić information content (AvgIpc) is 3.13. The fourth-order valence-corrected chi connectivity index (χ4v) is 3.00. The lowest BCUT2D eigenvalue weighted by Gasteiger charge is -2.07. The fraction of sp³-hybridized carbons (Fsp3) is 0.0909. The lowest BCUT2D eigenvalue weighted by molar-refractivity contribution is 0.398. The topological polar surface area (TPSA) is 39.9 Å². The van der Waals surface area contributed by atoms with Crippen LogP contribution in [0.5, 0.6) is 5.88 Å². The lowest BCUT2D eigenvalue weighted by atomic mass is 10.1. The van der Waals surface area contributed by atoms with Crippen molar-refractivity contribution in [3.8, 4) is 34.5 Å². The van der Waals surface area contributed by atoms with Gasteiger partial charge in [0.1, 0.15) is 0 Å². The van der Waals surface area contributed by atoms with E-state index in [-0.39, 0.29) is 0 Å². The van der Waals surface area contributed by atoms with Crippen molar-refractivity contribution in [2.75, 3.05) is 7.11 Å². The van der Waals surface area contributed by atoms with Crippen molar-refractivity contribution in [3.05, 3.63) is 72.6 Å². The Morgan fingerprint density at radius 3 is 2.62 bits per heavy atom. The van der Waals surface area contributed by atoms with E-state index in [1.54, 1.807) is 13.3 Å².